The van der Waals surface area contributed by atoms with Crippen LogP contribution in [0.25, 0.3) is 6.08 Å². The van der Waals surface area contributed by atoms with Gasteiger partial charge < -0.3 is 14.6 Å². The van der Waals surface area contributed by atoms with Crippen molar-refractivity contribution < 1.29 is 24.2 Å². The van der Waals surface area contributed by atoms with Crippen molar-refractivity contribution in [2.24, 2.45) is 4.99 Å². The van der Waals surface area contributed by atoms with Crippen LogP contribution in [0, 0.1) is 0 Å². The molecule has 1 amide bonds. The van der Waals surface area contributed by atoms with Crippen molar-refractivity contribution in [3.05, 3.63) is 101 Å². The Morgan fingerprint density at radius 3 is 2.44 bits per heavy atom. The van der Waals surface area contributed by atoms with Gasteiger partial charge in [-0.25, -0.2) is 9.79 Å². The molecule has 0 unspecified atom stereocenters. The van der Waals surface area contributed by atoms with Crippen molar-refractivity contribution in [1.82, 2.24) is 0 Å². The summed E-state index contributed by atoms with van der Waals surface area (Å²) in [5, 5.41) is 9.58. The number of nitrogens with zero attached hydrogens (tertiary/aromatic N) is 2. The topological polar surface area (TPSA) is 88.4 Å². The van der Waals surface area contributed by atoms with Gasteiger partial charge in [0.05, 0.1) is 23.4 Å². The first kappa shape index (κ1) is 24.8. The average Bonchev–Trinajstić information content (AvgIpc) is 3.18. The van der Waals surface area contributed by atoms with Gasteiger partial charge in [0.25, 0.3) is 5.91 Å². The molecule has 0 atom stereocenters. The van der Waals surface area contributed by atoms with Crippen LogP contribution in [0.2, 0.25) is 0 Å². The molecule has 8 heteroatoms. The first-order chi connectivity index (χ1) is 17.5. The monoisotopic (exact) mass is 500 g/mol. The van der Waals surface area contributed by atoms with Crippen molar-refractivity contribution in [2.75, 3.05) is 18.6 Å². The molecule has 0 aromatic heterocycles. The number of ether oxygens (including phenoxy) is 2. The number of carboxylic acid groups (broad SMARTS) is 1. The Morgan fingerprint density at radius 2 is 1.81 bits per heavy atom. The van der Waals surface area contributed by atoms with Crippen molar-refractivity contribution in [3.63, 3.8) is 0 Å². The molecule has 182 valence electrons. The van der Waals surface area contributed by atoms with Crippen LogP contribution in [0.4, 0.5) is 11.4 Å². The first-order valence-corrected chi connectivity index (χ1v) is 11.9. The predicted molar refractivity (Wildman–Crippen MR) is 143 cm³/mol. The van der Waals surface area contributed by atoms with Crippen LogP contribution in [-0.4, -0.2) is 35.9 Å². The van der Waals surface area contributed by atoms with Gasteiger partial charge in [-0.3, -0.25) is 9.69 Å². The van der Waals surface area contributed by atoms with Crippen molar-refractivity contribution in [1.29, 1.82) is 0 Å². The van der Waals surface area contributed by atoms with Gasteiger partial charge in [-0.05, 0) is 66.2 Å². The van der Waals surface area contributed by atoms with E-state index in [1.54, 1.807) is 23.1 Å². The summed E-state index contributed by atoms with van der Waals surface area (Å²) in [6, 6.07) is 22.4. The summed E-state index contributed by atoms with van der Waals surface area (Å²) in [6.45, 7) is 3.28. The molecule has 1 heterocycles. The summed E-state index contributed by atoms with van der Waals surface area (Å²) < 4.78 is 11.0. The van der Waals surface area contributed by atoms with Crippen LogP contribution in [-0.2, 0) is 16.0 Å². The van der Waals surface area contributed by atoms with Crippen LogP contribution in [0.15, 0.2) is 95.3 Å². The molecule has 0 spiro atoms. The fraction of sp³-hybridized carbons (Fsp3) is 0.107. The molecule has 4 rings (SSSR count). The van der Waals surface area contributed by atoms with E-state index in [-0.39, 0.29) is 5.91 Å². The molecule has 36 heavy (non-hydrogen) atoms. The largest absolute Gasteiger partial charge is 0.493 e. The van der Waals surface area contributed by atoms with E-state index in [1.165, 1.54) is 18.9 Å². The Morgan fingerprint density at radius 1 is 1.11 bits per heavy atom. The zero-order chi connectivity index (χ0) is 25.5. The minimum Gasteiger partial charge on any atom is -0.493 e. The van der Waals surface area contributed by atoms with E-state index in [0.717, 1.165) is 11.4 Å². The van der Waals surface area contributed by atoms with E-state index < -0.39 is 12.6 Å². The van der Waals surface area contributed by atoms with Gasteiger partial charge in [0.1, 0.15) is 0 Å². The second-order valence-electron chi connectivity index (χ2n) is 7.70. The van der Waals surface area contributed by atoms with Crippen LogP contribution in [0.3, 0.4) is 0 Å². The number of carbonyl (C=O) groups is 2. The van der Waals surface area contributed by atoms with Crippen LogP contribution in [0.5, 0.6) is 11.5 Å². The van der Waals surface area contributed by atoms with E-state index in [0.29, 0.717) is 39.1 Å². The Bertz CT molecular complexity index is 1340. The third-order valence-electron chi connectivity index (χ3n) is 5.18. The van der Waals surface area contributed by atoms with Crippen molar-refractivity contribution >= 4 is 46.3 Å². The number of aliphatic carboxylic acids is 1. The highest BCUT2D eigenvalue weighted by molar-refractivity contribution is 8.19. The highest BCUT2D eigenvalue weighted by atomic mass is 32.2. The van der Waals surface area contributed by atoms with Gasteiger partial charge in [0, 0.05) is 5.56 Å². The molecule has 0 saturated carbocycles. The smallest absolute Gasteiger partial charge is 0.341 e. The van der Waals surface area contributed by atoms with Gasteiger partial charge >= 0.3 is 5.97 Å². The lowest BCUT2D eigenvalue weighted by Crippen LogP contribution is -2.28. The molecule has 1 saturated heterocycles. The number of benzene rings is 3. The van der Waals surface area contributed by atoms with Crippen LogP contribution >= 0.6 is 11.8 Å². The number of hydrogen-bond donors (Lipinski definition) is 1. The van der Waals surface area contributed by atoms with Crippen molar-refractivity contribution in [3.8, 4) is 11.5 Å². The molecule has 1 fully saturated rings. The molecule has 1 N–H and O–H groups in total. The molecular formula is C28H24N2O5S. The number of rotatable bonds is 9. The fourth-order valence-corrected chi connectivity index (χ4v) is 4.64. The summed E-state index contributed by atoms with van der Waals surface area (Å²) in [6.07, 6.45) is 3.89. The predicted octanol–water partition coefficient (Wildman–Crippen LogP) is 5.70. The molecule has 1 aliphatic rings. The normalized spacial score (nSPS) is 15.4. The molecule has 7 nitrogen and oxygen atoms in total. The Labute approximate surface area is 213 Å². The van der Waals surface area contributed by atoms with Gasteiger partial charge in [0.15, 0.2) is 23.3 Å². The van der Waals surface area contributed by atoms with Crippen molar-refractivity contribution in [2.45, 2.75) is 6.42 Å². The number of anilines is 1. The molecule has 0 aliphatic carbocycles. The maximum absolute atomic E-state index is 13.5. The number of thioether (sulfide) groups is 1. The quantitative estimate of drug-likeness (QED) is 0.300. The minimum atomic E-state index is -1.09. The van der Waals surface area contributed by atoms with Gasteiger partial charge in [0.2, 0.25) is 0 Å². The number of carboxylic acids is 1. The fourth-order valence-electron chi connectivity index (χ4n) is 3.64. The maximum atomic E-state index is 13.5. The number of methoxy groups -OCH3 is 1. The highest BCUT2D eigenvalue weighted by Crippen LogP contribution is 2.39. The standard InChI is InChI=1S/C28H24N2O5S/c1-3-10-20-15-19(16-23(34-2)26(20)35-18-25(31)32)17-24-27(33)30(22-13-8-5-9-14-22)28(36-24)29-21-11-6-4-7-12-21/h3-9,11-17H,1,10,18H2,2H3,(H,31,32)/b24-17-,29-28?. The van der Waals surface area contributed by atoms with Crippen LogP contribution < -0.4 is 14.4 Å². The molecule has 3 aromatic carbocycles. The Kier molecular flexibility index (Phi) is 7.87. The number of allylic oxidation sites excluding steroid dienone is 1. The Balaban J connectivity index is 1.76. The number of amides is 1. The second kappa shape index (κ2) is 11.4. The molecule has 0 bridgehead atoms. The number of para-hydroxylation sites is 2. The summed E-state index contributed by atoms with van der Waals surface area (Å²) in [4.78, 5) is 31.4. The minimum absolute atomic E-state index is 0.198. The maximum Gasteiger partial charge on any atom is 0.341 e. The third kappa shape index (κ3) is 5.67. The van der Waals surface area contributed by atoms with E-state index in [4.69, 9.17) is 19.6 Å². The van der Waals surface area contributed by atoms with E-state index in [9.17, 15) is 9.59 Å². The first-order valence-electron chi connectivity index (χ1n) is 11.1. The number of amidine groups is 1. The SMILES string of the molecule is C=CCc1cc(/C=C2\SC(=Nc3ccccc3)N(c3ccccc3)C2=O)cc(OC)c1OCC(=O)O. The molecular weight excluding hydrogens is 476 g/mol. The van der Waals surface area contributed by atoms with Gasteiger partial charge in [-0.15, -0.1) is 6.58 Å². The lowest BCUT2D eigenvalue weighted by Gasteiger charge is -2.15. The number of aliphatic imine (C=N–C) groups is 1. The van der Waals surface area contributed by atoms with Crippen LogP contribution in [0.1, 0.15) is 11.1 Å². The van der Waals surface area contributed by atoms with Gasteiger partial charge in [-0.1, -0.05) is 42.5 Å². The lowest BCUT2D eigenvalue weighted by molar-refractivity contribution is -0.139. The van der Waals surface area contributed by atoms with E-state index in [2.05, 4.69) is 6.58 Å². The molecule has 3 aromatic rings. The Hall–Kier alpha value is -4.30. The third-order valence-corrected chi connectivity index (χ3v) is 6.15. The van der Waals surface area contributed by atoms with Gasteiger partial charge in [-0.2, -0.15) is 0 Å². The molecule has 0 radical (unpaired) electrons. The zero-order valence-corrected chi connectivity index (χ0v) is 20.4. The average molecular weight is 501 g/mol. The highest BCUT2D eigenvalue weighted by Gasteiger charge is 2.34. The number of hydrogen-bond acceptors (Lipinski definition) is 6. The summed E-state index contributed by atoms with van der Waals surface area (Å²) in [5.74, 6) is -0.580. The van der Waals surface area contributed by atoms with E-state index in [1.807, 2.05) is 66.7 Å². The number of carbonyl (C=O) groups excluding carboxylic acids is 1. The summed E-state index contributed by atoms with van der Waals surface area (Å²) in [5.41, 5.74) is 2.86. The molecule has 1 aliphatic heterocycles. The second-order valence-corrected chi connectivity index (χ2v) is 8.71. The zero-order valence-electron chi connectivity index (χ0n) is 19.6. The van der Waals surface area contributed by atoms with E-state index >= 15 is 0 Å². The lowest BCUT2D eigenvalue weighted by atomic mass is 10.0. The summed E-state index contributed by atoms with van der Waals surface area (Å²) >= 11 is 1.28. The summed E-state index contributed by atoms with van der Waals surface area (Å²) in [7, 11) is 1.48.